The minimum absolute atomic E-state index is 0.105. The van der Waals surface area contributed by atoms with E-state index in [1.165, 1.54) is 0 Å². The van der Waals surface area contributed by atoms with Gasteiger partial charge in [0.25, 0.3) is 0 Å². The molecular formula is C17H12N2O. The molecule has 1 amide bonds. The Labute approximate surface area is 116 Å². The number of para-hydroxylation sites is 1. The van der Waals surface area contributed by atoms with E-state index in [1.807, 2.05) is 48.5 Å². The van der Waals surface area contributed by atoms with Crippen LogP contribution >= 0.6 is 0 Å². The number of fused-ring (bicyclic) bond motifs is 2. The van der Waals surface area contributed by atoms with Crippen LogP contribution in [0.1, 0.15) is 29.0 Å². The number of benzene rings is 2. The molecule has 2 aliphatic rings. The zero-order valence-electron chi connectivity index (χ0n) is 10.8. The average Bonchev–Trinajstić information content (AvgIpc) is 3.18. The van der Waals surface area contributed by atoms with Crippen molar-refractivity contribution in [1.29, 1.82) is 5.26 Å². The molecule has 0 unspecified atom stereocenters. The SMILES string of the molecule is N#Cc1ccc([C@H]2C[C@]23C(=O)Nc2ccccc23)cc1. The maximum absolute atomic E-state index is 12.4. The molecule has 1 fully saturated rings. The van der Waals surface area contributed by atoms with Crippen LogP contribution < -0.4 is 5.32 Å². The zero-order valence-corrected chi connectivity index (χ0v) is 10.8. The summed E-state index contributed by atoms with van der Waals surface area (Å²) < 4.78 is 0. The van der Waals surface area contributed by atoms with E-state index in [1.54, 1.807) is 0 Å². The number of carbonyl (C=O) groups is 1. The fourth-order valence-corrected chi connectivity index (χ4v) is 3.34. The van der Waals surface area contributed by atoms with Gasteiger partial charge in [0, 0.05) is 11.6 Å². The molecule has 2 aromatic rings. The number of hydrogen-bond acceptors (Lipinski definition) is 2. The third-order valence-corrected chi connectivity index (χ3v) is 4.46. The first kappa shape index (κ1) is 11.2. The van der Waals surface area contributed by atoms with Crippen LogP contribution in [0.2, 0.25) is 0 Å². The number of rotatable bonds is 1. The summed E-state index contributed by atoms with van der Waals surface area (Å²) in [6, 6.07) is 17.6. The topological polar surface area (TPSA) is 52.9 Å². The van der Waals surface area contributed by atoms with E-state index in [0.717, 1.165) is 23.2 Å². The summed E-state index contributed by atoms with van der Waals surface area (Å²) in [4.78, 5) is 12.4. The lowest BCUT2D eigenvalue weighted by atomic mass is 9.92. The standard InChI is InChI=1S/C17H12N2O/c18-10-11-5-7-12(8-6-11)14-9-17(14)13-3-1-2-4-15(13)19-16(17)20/h1-8,14H,9H2,(H,19,20)/t14-,17-/m1/s1. The number of nitriles is 1. The molecule has 0 radical (unpaired) electrons. The van der Waals surface area contributed by atoms with E-state index < -0.39 is 0 Å². The zero-order chi connectivity index (χ0) is 13.7. The van der Waals surface area contributed by atoms with Crippen molar-refractivity contribution in [2.75, 3.05) is 5.32 Å². The first-order chi connectivity index (χ1) is 9.75. The Bertz CT molecular complexity index is 757. The molecule has 0 aromatic heterocycles. The van der Waals surface area contributed by atoms with Gasteiger partial charge in [0.2, 0.25) is 5.91 Å². The second-order valence-electron chi connectivity index (χ2n) is 5.46. The Morgan fingerprint density at radius 2 is 1.90 bits per heavy atom. The Morgan fingerprint density at radius 3 is 2.65 bits per heavy atom. The highest BCUT2D eigenvalue weighted by Gasteiger charge is 2.64. The monoisotopic (exact) mass is 260 g/mol. The molecule has 96 valence electrons. The fourth-order valence-electron chi connectivity index (χ4n) is 3.34. The first-order valence-electron chi connectivity index (χ1n) is 6.67. The van der Waals surface area contributed by atoms with Crippen molar-refractivity contribution in [3.05, 3.63) is 65.2 Å². The summed E-state index contributed by atoms with van der Waals surface area (Å²) in [6.07, 6.45) is 0.849. The highest BCUT2D eigenvalue weighted by molar-refractivity contribution is 6.09. The van der Waals surface area contributed by atoms with Gasteiger partial charge < -0.3 is 5.32 Å². The summed E-state index contributed by atoms with van der Waals surface area (Å²) in [5.41, 5.74) is 3.45. The number of amides is 1. The van der Waals surface area contributed by atoms with Crippen LogP contribution in [-0.2, 0) is 10.2 Å². The second kappa shape index (κ2) is 3.71. The maximum atomic E-state index is 12.4. The van der Waals surface area contributed by atoms with E-state index in [9.17, 15) is 4.79 Å². The smallest absolute Gasteiger partial charge is 0.235 e. The minimum Gasteiger partial charge on any atom is -0.325 e. The predicted octanol–water partition coefficient (Wildman–Crippen LogP) is 2.94. The Balaban J connectivity index is 1.75. The molecule has 1 aliphatic heterocycles. The van der Waals surface area contributed by atoms with Crippen molar-refractivity contribution >= 4 is 11.6 Å². The minimum atomic E-state index is -0.384. The van der Waals surface area contributed by atoms with Crippen molar-refractivity contribution in [3.63, 3.8) is 0 Å². The van der Waals surface area contributed by atoms with Crippen molar-refractivity contribution in [3.8, 4) is 6.07 Å². The Morgan fingerprint density at radius 1 is 1.15 bits per heavy atom. The van der Waals surface area contributed by atoms with Crippen LogP contribution in [-0.4, -0.2) is 5.91 Å². The van der Waals surface area contributed by atoms with Gasteiger partial charge in [0.15, 0.2) is 0 Å². The number of nitrogens with one attached hydrogen (secondary N) is 1. The summed E-state index contributed by atoms with van der Waals surface area (Å²) in [6.45, 7) is 0. The predicted molar refractivity (Wildman–Crippen MR) is 75.3 cm³/mol. The highest BCUT2D eigenvalue weighted by Crippen LogP contribution is 2.64. The number of anilines is 1. The van der Waals surface area contributed by atoms with Crippen molar-refractivity contribution in [1.82, 2.24) is 0 Å². The van der Waals surface area contributed by atoms with Crippen LogP contribution in [0.15, 0.2) is 48.5 Å². The van der Waals surface area contributed by atoms with Crippen LogP contribution in [0.5, 0.6) is 0 Å². The molecule has 3 heteroatoms. The van der Waals surface area contributed by atoms with E-state index in [4.69, 9.17) is 5.26 Å². The van der Waals surface area contributed by atoms with Gasteiger partial charge in [-0.05, 0) is 35.7 Å². The molecule has 3 nitrogen and oxygen atoms in total. The van der Waals surface area contributed by atoms with Gasteiger partial charge in [0.1, 0.15) is 0 Å². The summed E-state index contributed by atoms with van der Waals surface area (Å²) >= 11 is 0. The highest BCUT2D eigenvalue weighted by atomic mass is 16.2. The number of nitrogens with zero attached hydrogens (tertiary/aromatic N) is 1. The van der Waals surface area contributed by atoms with E-state index in [-0.39, 0.29) is 17.2 Å². The maximum Gasteiger partial charge on any atom is 0.235 e. The summed E-state index contributed by atoms with van der Waals surface area (Å²) in [7, 11) is 0. The molecule has 0 saturated heterocycles. The van der Waals surface area contributed by atoms with Gasteiger partial charge in [-0.2, -0.15) is 5.26 Å². The molecule has 1 heterocycles. The molecule has 1 aliphatic carbocycles. The third-order valence-electron chi connectivity index (χ3n) is 4.46. The molecule has 1 spiro atoms. The molecular weight excluding hydrogens is 248 g/mol. The van der Waals surface area contributed by atoms with E-state index in [0.29, 0.717) is 5.56 Å². The quantitative estimate of drug-likeness (QED) is 0.857. The van der Waals surface area contributed by atoms with Gasteiger partial charge in [-0.3, -0.25) is 4.79 Å². The van der Waals surface area contributed by atoms with E-state index >= 15 is 0 Å². The molecule has 1 saturated carbocycles. The van der Waals surface area contributed by atoms with Crippen LogP contribution in [0.25, 0.3) is 0 Å². The van der Waals surface area contributed by atoms with E-state index in [2.05, 4.69) is 11.4 Å². The van der Waals surface area contributed by atoms with Crippen molar-refractivity contribution in [2.45, 2.75) is 17.8 Å². The lowest BCUT2D eigenvalue weighted by molar-refractivity contribution is -0.118. The number of hydrogen-bond donors (Lipinski definition) is 1. The molecule has 0 bridgehead atoms. The molecule has 2 aromatic carbocycles. The van der Waals surface area contributed by atoms with Gasteiger partial charge in [-0.15, -0.1) is 0 Å². The number of carbonyl (C=O) groups excluding carboxylic acids is 1. The summed E-state index contributed by atoms with van der Waals surface area (Å²) in [5, 5.41) is 11.8. The van der Waals surface area contributed by atoms with Gasteiger partial charge in [-0.25, -0.2) is 0 Å². The molecule has 1 N–H and O–H groups in total. The van der Waals surface area contributed by atoms with Crippen molar-refractivity contribution in [2.24, 2.45) is 0 Å². The summed E-state index contributed by atoms with van der Waals surface area (Å²) in [5.74, 6) is 0.326. The Kier molecular flexibility index (Phi) is 2.08. The van der Waals surface area contributed by atoms with Gasteiger partial charge >= 0.3 is 0 Å². The van der Waals surface area contributed by atoms with Crippen LogP contribution in [0.4, 0.5) is 5.69 Å². The van der Waals surface area contributed by atoms with Crippen LogP contribution in [0.3, 0.4) is 0 Å². The van der Waals surface area contributed by atoms with Crippen molar-refractivity contribution < 1.29 is 4.79 Å². The lowest BCUT2D eigenvalue weighted by Crippen LogP contribution is -2.20. The molecule has 4 rings (SSSR count). The Hall–Kier alpha value is -2.60. The average molecular weight is 260 g/mol. The van der Waals surface area contributed by atoms with Crippen LogP contribution in [0, 0.1) is 11.3 Å². The second-order valence-corrected chi connectivity index (χ2v) is 5.46. The molecule has 20 heavy (non-hydrogen) atoms. The third kappa shape index (κ3) is 1.31. The largest absolute Gasteiger partial charge is 0.325 e. The van der Waals surface area contributed by atoms with Gasteiger partial charge in [0.05, 0.1) is 17.0 Å². The normalized spacial score (nSPS) is 25.9. The molecule has 2 atom stereocenters. The first-order valence-corrected chi connectivity index (χ1v) is 6.67. The van der Waals surface area contributed by atoms with Gasteiger partial charge in [-0.1, -0.05) is 30.3 Å². The lowest BCUT2D eigenvalue weighted by Gasteiger charge is -2.08. The fraction of sp³-hybridized carbons (Fsp3) is 0.176.